The lowest BCUT2D eigenvalue weighted by Gasteiger charge is -2.47. The molecule has 0 saturated carbocycles. The predicted octanol–water partition coefficient (Wildman–Crippen LogP) is 3.70. The minimum Gasteiger partial charge on any atom is -0.383 e. The van der Waals surface area contributed by atoms with Crippen molar-refractivity contribution < 1.29 is 9.47 Å². The second-order valence-corrected chi connectivity index (χ2v) is 9.06. The Labute approximate surface area is 163 Å². The van der Waals surface area contributed by atoms with Crippen LogP contribution in [0.4, 0.5) is 0 Å². The zero-order valence-corrected chi connectivity index (χ0v) is 17.0. The monoisotopic (exact) mass is 395 g/mol. The fourth-order valence-corrected chi connectivity index (χ4v) is 5.72. The number of methoxy groups -OCH3 is 1. The molecule has 1 fully saturated rings. The van der Waals surface area contributed by atoms with Gasteiger partial charge in [-0.15, -0.1) is 11.3 Å². The molecule has 2 aliphatic rings. The average molecular weight is 396 g/mol. The molecule has 2 aromatic heterocycles. The highest BCUT2D eigenvalue weighted by Crippen LogP contribution is 2.48. The Bertz CT molecular complexity index is 762. The zero-order chi connectivity index (χ0) is 18.1. The summed E-state index contributed by atoms with van der Waals surface area (Å²) < 4.78 is 14.3. The summed E-state index contributed by atoms with van der Waals surface area (Å²) in [6.45, 7) is 6.56. The molecule has 2 atom stereocenters. The Morgan fingerprint density at radius 2 is 2.38 bits per heavy atom. The van der Waals surface area contributed by atoms with Gasteiger partial charge in [0, 0.05) is 42.9 Å². The number of fused-ring (bicyclic) bond motifs is 2. The van der Waals surface area contributed by atoms with Gasteiger partial charge < -0.3 is 9.47 Å². The first-order valence-corrected chi connectivity index (χ1v) is 10.5. The van der Waals surface area contributed by atoms with Crippen LogP contribution in [0.3, 0.4) is 0 Å². The lowest BCUT2D eigenvalue weighted by atomic mass is 9.82. The van der Waals surface area contributed by atoms with E-state index < -0.39 is 0 Å². The molecule has 0 N–H and O–H groups in total. The second kappa shape index (κ2) is 7.60. The molecule has 1 saturated heterocycles. The van der Waals surface area contributed by atoms with E-state index in [1.807, 2.05) is 10.9 Å². The van der Waals surface area contributed by atoms with Crippen LogP contribution in [-0.4, -0.2) is 47.6 Å². The predicted molar refractivity (Wildman–Crippen MR) is 104 cm³/mol. The van der Waals surface area contributed by atoms with E-state index in [1.165, 1.54) is 16.0 Å². The van der Waals surface area contributed by atoms with Crippen molar-refractivity contribution in [3.8, 4) is 0 Å². The summed E-state index contributed by atoms with van der Waals surface area (Å²) >= 11 is 8.01. The molecule has 0 amide bonds. The normalized spacial score (nSPS) is 26.3. The lowest BCUT2D eigenvalue weighted by Crippen LogP contribution is -2.49. The number of rotatable bonds is 5. The number of hydrogen-bond donors (Lipinski definition) is 0. The van der Waals surface area contributed by atoms with Crippen molar-refractivity contribution in [3.05, 3.63) is 38.8 Å². The molecule has 4 heterocycles. The first-order valence-electron chi connectivity index (χ1n) is 9.26. The highest BCUT2D eigenvalue weighted by atomic mass is 35.5. The number of nitrogens with zero attached hydrogens (tertiary/aromatic N) is 3. The van der Waals surface area contributed by atoms with Gasteiger partial charge in [-0.05, 0) is 37.8 Å². The molecule has 0 unspecified atom stereocenters. The van der Waals surface area contributed by atoms with Crippen LogP contribution in [-0.2, 0) is 34.6 Å². The summed E-state index contributed by atoms with van der Waals surface area (Å²) in [5.41, 5.74) is 2.52. The van der Waals surface area contributed by atoms with Crippen molar-refractivity contribution in [3.63, 3.8) is 0 Å². The Morgan fingerprint density at radius 3 is 3.19 bits per heavy atom. The van der Waals surface area contributed by atoms with E-state index in [2.05, 4.69) is 29.2 Å². The van der Waals surface area contributed by atoms with Crippen molar-refractivity contribution in [2.45, 2.75) is 50.9 Å². The molecule has 7 heteroatoms. The highest BCUT2D eigenvalue weighted by molar-refractivity contribution is 7.16. The number of hydrogen-bond acceptors (Lipinski definition) is 5. The zero-order valence-electron chi connectivity index (χ0n) is 15.4. The van der Waals surface area contributed by atoms with Crippen LogP contribution in [0.25, 0.3) is 0 Å². The molecule has 0 aliphatic carbocycles. The maximum absolute atomic E-state index is 6.36. The highest BCUT2D eigenvalue weighted by Gasteiger charge is 2.44. The van der Waals surface area contributed by atoms with Crippen molar-refractivity contribution >= 4 is 22.9 Å². The number of ether oxygens (including phenoxy) is 2. The minimum absolute atomic E-state index is 0.135. The van der Waals surface area contributed by atoms with Gasteiger partial charge in [-0.25, -0.2) is 0 Å². The number of thiophene rings is 1. The van der Waals surface area contributed by atoms with E-state index in [1.54, 1.807) is 18.4 Å². The van der Waals surface area contributed by atoms with E-state index in [0.717, 1.165) is 49.8 Å². The van der Waals surface area contributed by atoms with Gasteiger partial charge in [0.2, 0.25) is 0 Å². The smallest absolute Gasteiger partial charge is 0.105 e. The van der Waals surface area contributed by atoms with Gasteiger partial charge in [0.05, 0.1) is 30.3 Å². The molecule has 142 valence electrons. The third-order valence-corrected chi connectivity index (χ3v) is 7.08. The molecule has 2 aliphatic heterocycles. The van der Waals surface area contributed by atoms with Crippen LogP contribution in [0.2, 0.25) is 4.34 Å². The minimum atomic E-state index is -0.135. The van der Waals surface area contributed by atoms with Crippen LogP contribution in [0.5, 0.6) is 0 Å². The summed E-state index contributed by atoms with van der Waals surface area (Å²) in [4.78, 5) is 3.91. The van der Waals surface area contributed by atoms with E-state index in [9.17, 15) is 0 Å². The number of piperidine rings is 1. The Kier molecular flexibility index (Phi) is 5.39. The molecule has 0 bridgehead atoms. The molecule has 4 rings (SSSR count). The SMILES string of the molecule is COCCn1cc(CN2CC[C@]3(C[C@@H]2C)OCCc2cc(Cl)sc23)cn1. The molecule has 0 aromatic carbocycles. The van der Waals surface area contributed by atoms with Crippen molar-refractivity contribution in [1.29, 1.82) is 0 Å². The molecule has 1 spiro atoms. The van der Waals surface area contributed by atoms with E-state index in [4.69, 9.17) is 21.1 Å². The van der Waals surface area contributed by atoms with Crippen LogP contribution in [0, 0.1) is 0 Å². The fourth-order valence-electron chi connectivity index (χ4n) is 4.24. The van der Waals surface area contributed by atoms with Crippen molar-refractivity contribution in [2.75, 3.05) is 26.9 Å². The summed E-state index contributed by atoms with van der Waals surface area (Å²) in [7, 11) is 1.72. The molecule has 5 nitrogen and oxygen atoms in total. The van der Waals surface area contributed by atoms with Gasteiger partial charge in [-0.1, -0.05) is 11.6 Å². The number of halogens is 1. The van der Waals surface area contributed by atoms with Crippen molar-refractivity contribution in [1.82, 2.24) is 14.7 Å². The average Bonchev–Trinajstić information content (AvgIpc) is 3.22. The van der Waals surface area contributed by atoms with Crippen LogP contribution in [0.1, 0.15) is 35.8 Å². The lowest BCUT2D eigenvalue weighted by molar-refractivity contribution is -0.110. The van der Waals surface area contributed by atoms with Crippen LogP contribution < -0.4 is 0 Å². The summed E-state index contributed by atoms with van der Waals surface area (Å²) in [6.07, 6.45) is 7.14. The van der Waals surface area contributed by atoms with Gasteiger partial charge in [-0.3, -0.25) is 9.58 Å². The number of aromatic nitrogens is 2. The summed E-state index contributed by atoms with van der Waals surface area (Å²) in [5.74, 6) is 0. The first kappa shape index (κ1) is 18.4. The van der Waals surface area contributed by atoms with Crippen LogP contribution >= 0.6 is 22.9 Å². The molecule has 0 radical (unpaired) electrons. The Balaban J connectivity index is 1.43. The first-order chi connectivity index (χ1) is 12.6. The van der Waals surface area contributed by atoms with Gasteiger partial charge in [0.1, 0.15) is 5.60 Å². The van der Waals surface area contributed by atoms with Crippen molar-refractivity contribution in [2.24, 2.45) is 0 Å². The standard InChI is InChI=1S/C19H26ClN3O2S/c1-14-10-19(18-16(3-7-25-19)9-17(20)26-18)4-5-22(14)12-15-11-21-23(13-15)6-8-24-2/h9,11,13-14H,3-8,10,12H2,1-2H3/t14-,19+/m0/s1. The Morgan fingerprint density at radius 1 is 1.50 bits per heavy atom. The Hall–Kier alpha value is -0.920. The second-order valence-electron chi connectivity index (χ2n) is 7.38. The van der Waals surface area contributed by atoms with Gasteiger partial charge >= 0.3 is 0 Å². The maximum atomic E-state index is 6.36. The van der Waals surface area contributed by atoms with E-state index >= 15 is 0 Å². The van der Waals surface area contributed by atoms with Gasteiger partial charge in [0.15, 0.2) is 0 Å². The van der Waals surface area contributed by atoms with Crippen LogP contribution in [0.15, 0.2) is 18.5 Å². The molecule has 2 aromatic rings. The largest absolute Gasteiger partial charge is 0.383 e. The van der Waals surface area contributed by atoms with E-state index in [-0.39, 0.29) is 5.60 Å². The quantitative estimate of drug-likeness (QED) is 0.773. The number of likely N-dealkylation sites (tertiary alicyclic amines) is 1. The summed E-state index contributed by atoms with van der Waals surface area (Å²) in [5, 5.41) is 4.43. The molecular weight excluding hydrogens is 370 g/mol. The van der Waals surface area contributed by atoms with Gasteiger partial charge in [0.25, 0.3) is 0 Å². The fraction of sp³-hybridized carbons (Fsp3) is 0.632. The molecule has 26 heavy (non-hydrogen) atoms. The topological polar surface area (TPSA) is 39.5 Å². The third kappa shape index (κ3) is 3.58. The molecular formula is C19H26ClN3O2S. The van der Waals surface area contributed by atoms with Gasteiger partial charge in [-0.2, -0.15) is 5.10 Å². The maximum Gasteiger partial charge on any atom is 0.105 e. The third-order valence-electron chi connectivity index (χ3n) is 5.59. The van der Waals surface area contributed by atoms with E-state index in [0.29, 0.717) is 12.6 Å². The summed E-state index contributed by atoms with van der Waals surface area (Å²) in [6, 6.07) is 2.59.